The first-order chi connectivity index (χ1) is 18.3. The van der Waals surface area contributed by atoms with Crippen LogP contribution in [0.4, 0.5) is 23.2 Å². The Hall–Kier alpha value is -3.40. The fourth-order valence-electron chi connectivity index (χ4n) is 4.99. The van der Waals surface area contributed by atoms with Crippen LogP contribution >= 0.6 is 0 Å². The van der Waals surface area contributed by atoms with Crippen molar-refractivity contribution in [3.05, 3.63) is 76.9 Å². The molecule has 0 spiro atoms. The first kappa shape index (κ1) is 26.2. The molecule has 1 unspecified atom stereocenters. The van der Waals surface area contributed by atoms with Crippen LogP contribution in [0.3, 0.4) is 0 Å². The molecule has 10 heteroatoms. The van der Waals surface area contributed by atoms with Gasteiger partial charge in [-0.1, -0.05) is 24.6 Å². The van der Waals surface area contributed by atoms with Crippen molar-refractivity contribution >= 4 is 17.5 Å². The third-order valence-electron chi connectivity index (χ3n) is 7.19. The van der Waals surface area contributed by atoms with E-state index < -0.39 is 11.7 Å². The van der Waals surface area contributed by atoms with Gasteiger partial charge in [0, 0.05) is 24.7 Å². The van der Waals surface area contributed by atoms with E-state index in [0.29, 0.717) is 18.3 Å². The van der Waals surface area contributed by atoms with Gasteiger partial charge in [-0.25, -0.2) is 4.39 Å². The highest BCUT2D eigenvalue weighted by atomic mass is 19.4. The molecule has 2 aromatic carbocycles. The maximum Gasteiger partial charge on any atom is 0.416 e. The van der Waals surface area contributed by atoms with Gasteiger partial charge >= 0.3 is 6.18 Å². The largest absolute Gasteiger partial charge is 0.416 e. The first-order valence-electron chi connectivity index (χ1n) is 13.1. The highest BCUT2D eigenvalue weighted by molar-refractivity contribution is 6.09. The summed E-state index contributed by atoms with van der Waals surface area (Å²) in [6, 6.07) is 11.2. The van der Waals surface area contributed by atoms with Gasteiger partial charge in [0.15, 0.2) is 0 Å². The minimum atomic E-state index is -4.44. The fourth-order valence-corrected chi connectivity index (χ4v) is 4.99. The van der Waals surface area contributed by atoms with Gasteiger partial charge in [-0.05, 0) is 80.2 Å². The average molecular weight is 529 g/mol. The summed E-state index contributed by atoms with van der Waals surface area (Å²) in [5.41, 5.74) is 1.53. The van der Waals surface area contributed by atoms with Gasteiger partial charge in [0.05, 0.1) is 12.1 Å². The van der Waals surface area contributed by atoms with Crippen molar-refractivity contribution in [1.29, 1.82) is 0 Å². The van der Waals surface area contributed by atoms with Crippen LogP contribution in [0.15, 0.2) is 69.9 Å². The summed E-state index contributed by atoms with van der Waals surface area (Å²) in [5, 5.41) is 9.76. The Bertz CT molecular complexity index is 1210. The molecule has 2 aromatic rings. The normalized spacial score (nSPS) is 21.2. The number of fused-ring (bicyclic) bond motifs is 1. The molecule has 1 atom stereocenters. The SMILES string of the molecule is Fc1ccc(CN=C2NC(Nc3cccc(C(F)(F)F)c3)=NC(NCCN3CCCCC3)=C3CCC23)cc1. The molecule has 3 aliphatic rings. The number of nitrogens with one attached hydrogen (secondary N) is 3. The predicted octanol–water partition coefficient (Wildman–Crippen LogP) is 5.51. The second-order valence-electron chi connectivity index (χ2n) is 9.91. The van der Waals surface area contributed by atoms with E-state index in [4.69, 9.17) is 9.98 Å². The molecule has 3 N–H and O–H groups in total. The van der Waals surface area contributed by atoms with Crippen LogP contribution in [0.5, 0.6) is 0 Å². The van der Waals surface area contributed by atoms with Gasteiger partial charge < -0.3 is 20.9 Å². The third kappa shape index (κ3) is 6.53. The van der Waals surface area contributed by atoms with Gasteiger partial charge in [0.1, 0.15) is 17.5 Å². The van der Waals surface area contributed by atoms with Crippen LogP contribution in [0.1, 0.15) is 43.2 Å². The Morgan fingerprint density at radius 3 is 2.55 bits per heavy atom. The van der Waals surface area contributed by atoms with Gasteiger partial charge in [-0.15, -0.1) is 0 Å². The Balaban J connectivity index is 1.38. The molecule has 0 bridgehead atoms. The molecular weight excluding hydrogens is 496 g/mol. The van der Waals surface area contributed by atoms with Crippen LogP contribution in [0, 0.1) is 11.7 Å². The summed E-state index contributed by atoms with van der Waals surface area (Å²) < 4.78 is 53.2. The molecule has 202 valence electrons. The molecule has 2 aliphatic heterocycles. The highest BCUT2D eigenvalue weighted by Crippen LogP contribution is 2.38. The van der Waals surface area contributed by atoms with Crippen molar-refractivity contribution < 1.29 is 17.6 Å². The minimum absolute atomic E-state index is 0.0393. The Kier molecular flexibility index (Phi) is 7.97. The number of aliphatic imine (C=N–C) groups is 2. The van der Waals surface area contributed by atoms with Crippen molar-refractivity contribution in [2.24, 2.45) is 15.9 Å². The highest BCUT2D eigenvalue weighted by Gasteiger charge is 2.35. The number of guanidine groups is 1. The number of amidine groups is 1. The van der Waals surface area contributed by atoms with E-state index >= 15 is 0 Å². The van der Waals surface area contributed by atoms with Crippen LogP contribution in [-0.4, -0.2) is 42.9 Å². The van der Waals surface area contributed by atoms with Gasteiger partial charge in [-0.3, -0.25) is 4.99 Å². The first-order valence-corrected chi connectivity index (χ1v) is 13.1. The number of alkyl halides is 3. The second-order valence-corrected chi connectivity index (χ2v) is 9.91. The number of rotatable bonds is 7. The molecule has 0 radical (unpaired) electrons. The number of hydrogen-bond donors (Lipinski definition) is 3. The number of benzene rings is 2. The topological polar surface area (TPSA) is 64.0 Å². The molecule has 2 heterocycles. The molecule has 0 aromatic heterocycles. The van der Waals surface area contributed by atoms with Crippen molar-refractivity contribution in [2.75, 3.05) is 31.5 Å². The molecule has 1 aliphatic carbocycles. The second kappa shape index (κ2) is 11.6. The van der Waals surface area contributed by atoms with E-state index in [9.17, 15) is 17.6 Å². The number of likely N-dealkylation sites (tertiary alicyclic amines) is 1. The predicted molar refractivity (Wildman–Crippen MR) is 141 cm³/mol. The lowest BCUT2D eigenvalue weighted by Crippen LogP contribution is -2.41. The molecule has 2 fully saturated rings. The molecular formula is C28H32F4N6. The molecule has 6 nitrogen and oxygen atoms in total. The molecule has 1 saturated heterocycles. The monoisotopic (exact) mass is 528 g/mol. The van der Waals surface area contributed by atoms with Gasteiger partial charge in [0.2, 0.25) is 5.96 Å². The van der Waals surface area contributed by atoms with Gasteiger partial charge in [0.25, 0.3) is 0 Å². The average Bonchev–Trinajstić information content (AvgIpc) is 2.96. The smallest absolute Gasteiger partial charge is 0.369 e. The summed E-state index contributed by atoms with van der Waals surface area (Å²) in [7, 11) is 0. The van der Waals surface area contributed by atoms with Crippen LogP contribution in [-0.2, 0) is 12.7 Å². The maximum atomic E-state index is 13.3. The van der Waals surface area contributed by atoms with Crippen LogP contribution < -0.4 is 16.0 Å². The Morgan fingerprint density at radius 2 is 1.84 bits per heavy atom. The number of halogens is 4. The van der Waals surface area contributed by atoms with Crippen molar-refractivity contribution in [1.82, 2.24) is 15.5 Å². The van der Waals surface area contributed by atoms with E-state index in [2.05, 4.69) is 20.9 Å². The lowest BCUT2D eigenvalue weighted by Gasteiger charge is -2.31. The zero-order valence-electron chi connectivity index (χ0n) is 21.1. The van der Waals surface area contributed by atoms with E-state index in [-0.39, 0.29) is 17.4 Å². The summed E-state index contributed by atoms with van der Waals surface area (Å²) in [6.45, 7) is 4.19. The Morgan fingerprint density at radius 1 is 1.05 bits per heavy atom. The van der Waals surface area contributed by atoms with Crippen molar-refractivity contribution in [3.8, 4) is 0 Å². The van der Waals surface area contributed by atoms with Crippen molar-refractivity contribution in [3.63, 3.8) is 0 Å². The standard InChI is InChI=1S/C28H32F4N6/c29-21-9-7-19(8-10-21)18-34-26-24-12-11-23(24)25(33-13-16-38-14-2-1-3-15-38)36-27(37-26)35-22-6-4-5-20(17-22)28(30,31)32/h4-10,17,24,33H,1-3,11-16,18H2,(H2,34,35,36,37). The lowest BCUT2D eigenvalue weighted by atomic mass is 9.78. The van der Waals surface area contributed by atoms with Crippen LogP contribution in [0.25, 0.3) is 0 Å². The van der Waals surface area contributed by atoms with E-state index in [1.54, 1.807) is 18.2 Å². The minimum Gasteiger partial charge on any atom is -0.369 e. The van der Waals surface area contributed by atoms with E-state index in [0.717, 1.165) is 68.1 Å². The number of nitrogens with zero attached hydrogens (tertiary/aromatic N) is 3. The van der Waals surface area contributed by atoms with E-state index in [1.165, 1.54) is 37.5 Å². The van der Waals surface area contributed by atoms with Crippen LogP contribution in [0.2, 0.25) is 0 Å². The lowest BCUT2D eigenvalue weighted by molar-refractivity contribution is -0.137. The molecule has 38 heavy (non-hydrogen) atoms. The quantitative estimate of drug-likeness (QED) is 0.415. The van der Waals surface area contributed by atoms with E-state index in [1.807, 2.05) is 0 Å². The third-order valence-corrected chi connectivity index (χ3v) is 7.19. The summed E-state index contributed by atoms with van der Waals surface area (Å²) in [6.07, 6.45) is 1.04. The zero-order chi connectivity index (χ0) is 26.5. The van der Waals surface area contributed by atoms with Crippen molar-refractivity contribution in [2.45, 2.75) is 44.8 Å². The number of piperidine rings is 1. The molecule has 0 amide bonds. The Labute approximate surface area is 219 Å². The summed E-state index contributed by atoms with van der Waals surface area (Å²) in [4.78, 5) is 12.0. The number of anilines is 1. The van der Waals surface area contributed by atoms with Gasteiger partial charge in [-0.2, -0.15) is 18.2 Å². The molecule has 5 rings (SSSR count). The maximum absolute atomic E-state index is 13.3. The fraction of sp³-hybridized carbons (Fsp3) is 0.429. The number of hydrogen-bond acceptors (Lipinski definition) is 5. The summed E-state index contributed by atoms with van der Waals surface area (Å²) in [5.74, 6) is 1.48. The zero-order valence-corrected chi connectivity index (χ0v) is 21.1. The molecule has 1 saturated carbocycles. The summed E-state index contributed by atoms with van der Waals surface area (Å²) >= 11 is 0.